The lowest BCUT2D eigenvalue weighted by Crippen LogP contribution is -2.48. The van der Waals surface area contributed by atoms with Crippen molar-refractivity contribution in [2.75, 3.05) is 4.90 Å². The molecule has 2 atom stereocenters. The van der Waals surface area contributed by atoms with E-state index in [-0.39, 0.29) is 29.0 Å². The van der Waals surface area contributed by atoms with Crippen LogP contribution in [0.1, 0.15) is 49.9 Å². The van der Waals surface area contributed by atoms with Crippen molar-refractivity contribution in [2.45, 2.75) is 45.6 Å². The van der Waals surface area contributed by atoms with Gasteiger partial charge < -0.3 is 10.6 Å². The number of hydrogen-bond donors (Lipinski definition) is 1. The molecule has 1 aromatic rings. The first-order valence-electron chi connectivity index (χ1n) is 8.05. The average Bonchev–Trinajstić information content (AvgIpc) is 2.46. The molecule has 5 heteroatoms. The van der Waals surface area contributed by atoms with Gasteiger partial charge in [-0.1, -0.05) is 37.4 Å². The van der Waals surface area contributed by atoms with Crippen LogP contribution in [0.4, 0.5) is 5.69 Å². The molecule has 1 aliphatic heterocycles. The number of rotatable bonds is 1. The summed E-state index contributed by atoms with van der Waals surface area (Å²) in [5, 5.41) is 0.368. The predicted molar refractivity (Wildman–Crippen MR) is 91.6 cm³/mol. The Morgan fingerprint density at radius 3 is 2.70 bits per heavy atom. The molecule has 1 heterocycles. The molecule has 1 aromatic carbocycles. The number of anilines is 1. The van der Waals surface area contributed by atoms with Gasteiger partial charge in [-0.05, 0) is 37.8 Å². The highest BCUT2D eigenvalue weighted by atomic mass is 35.5. The van der Waals surface area contributed by atoms with Crippen LogP contribution >= 0.6 is 11.6 Å². The summed E-state index contributed by atoms with van der Waals surface area (Å²) in [5.74, 6) is -0.0900. The number of carbonyl (C=O) groups is 2. The standard InChI is InChI=1S/C18H21ClN2O2/c1-10-5-3-6-12(9-10)21-14-8-4-7-13(19)16(14)17(22)15(11(2)20)18(21)23/h4,7-8,10,12H,3,5-6,9,20H2,1-2H3. The predicted octanol–water partition coefficient (Wildman–Crippen LogP) is 3.68. The van der Waals surface area contributed by atoms with Gasteiger partial charge in [-0.15, -0.1) is 0 Å². The number of benzene rings is 1. The van der Waals surface area contributed by atoms with Gasteiger partial charge in [-0.3, -0.25) is 9.59 Å². The van der Waals surface area contributed by atoms with Gasteiger partial charge in [0.05, 0.1) is 16.3 Å². The summed E-state index contributed by atoms with van der Waals surface area (Å²) in [5.41, 5.74) is 7.17. The minimum atomic E-state index is -0.365. The number of hydrogen-bond acceptors (Lipinski definition) is 3. The molecule has 1 aliphatic carbocycles. The molecule has 3 rings (SSSR count). The maximum absolute atomic E-state index is 13.0. The van der Waals surface area contributed by atoms with Crippen LogP contribution in [0, 0.1) is 5.92 Å². The zero-order chi connectivity index (χ0) is 16.7. The molecule has 1 fully saturated rings. The average molecular weight is 333 g/mol. The number of nitrogens with zero attached hydrogens (tertiary/aromatic N) is 1. The molecule has 2 N–H and O–H groups in total. The van der Waals surface area contributed by atoms with E-state index in [0.717, 1.165) is 19.3 Å². The SMILES string of the molecule is CC(N)=C1C(=O)c2c(Cl)cccc2N(C2CCCC(C)C2)C1=O. The topological polar surface area (TPSA) is 63.4 Å². The molecule has 4 nitrogen and oxygen atoms in total. The van der Waals surface area contributed by atoms with Gasteiger partial charge in [0.1, 0.15) is 5.57 Å². The van der Waals surface area contributed by atoms with Crippen molar-refractivity contribution < 1.29 is 9.59 Å². The lowest BCUT2D eigenvalue weighted by Gasteiger charge is -2.40. The maximum Gasteiger partial charge on any atom is 0.264 e. The molecule has 2 aliphatic rings. The van der Waals surface area contributed by atoms with Gasteiger partial charge >= 0.3 is 0 Å². The molecule has 1 saturated carbocycles. The lowest BCUT2D eigenvalue weighted by molar-refractivity contribution is -0.115. The monoisotopic (exact) mass is 332 g/mol. The van der Waals surface area contributed by atoms with Crippen molar-refractivity contribution >= 4 is 29.0 Å². The summed E-state index contributed by atoms with van der Waals surface area (Å²) >= 11 is 6.27. The van der Waals surface area contributed by atoms with Crippen molar-refractivity contribution in [1.29, 1.82) is 0 Å². The third-order valence-electron chi connectivity index (χ3n) is 4.81. The minimum absolute atomic E-state index is 0.0591. The highest BCUT2D eigenvalue weighted by molar-refractivity contribution is 6.42. The summed E-state index contributed by atoms with van der Waals surface area (Å²) < 4.78 is 0. The lowest BCUT2D eigenvalue weighted by atomic mass is 9.83. The van der Waals surface area contributed by atoms with Gasteiger partial charge in [0.2, 0.25) is 5.78 Å². The molecule has 0 saturated heterocycles. The van der Waals surface area contributed by atoms with Crippen molar-refractivity contribution in [3.05, 3.63) is 40.1 Å². The van der Waals surface area contributed by atoms with Gasteiger partial charge in [0.15, 0.2) is 0 Å². The van der Waals surface area contributed by atoms with E-state index in [2.05, 4.69) is 6.92 Å². The van der Waals surface area contributed by atoms with E-state index in [9.17, 15) is 9.59 Å². The molecular weight excluding hydrogens is 312 g/mol. The number of fused-ring (bicyclic) bond motifs is 1. The second-order valence-electron chi connectivity index (χ2n) is 6.62. The fraction of sp³-hybridized carbons (Fsp3) is 0.444. The molecule has 1 amide bonds. The van der Waals surface area contributed by atoms with Crippen molar-refractivity contribution in [2.24, 2.45) is 11.7 Å². The smallest absolute Gasteiger partial charge is 0.264 e. The van der Waals surface area contributed by atoms with Crippen LogP contribution in [0.2, 0.25) is 5.02 Å². The van der Waals surface area contributed by atoms with Crippen LogP contribution in [0.3, 0.4) is 0 Å². The Kier molecular flexibility index (Phi) is 4.19. The second kappa shape index (κ2) is 6.00. The van der Waals surface area contributed by atoms with Crippen LogP contribution in [0.25, 0.3) is 0 Å². The molecule has 0 bridgehead atoms. The Labute approximate surface area is 141 Å². The van der Waals surface area contributed by atoms with E-state index < -0.39 is 0 Å². The third-order valence-corrected chi connectivity index (χ3v) is 5.12. The van der Waals surface area contributed by atoms with Gasteiger partial charge in [0, 0.05) is 11.7 Å². The second-order valence-corrected chi connectivity index (χ2v) is 7.03. The van der Waals surface area contributed by atoms with E-state index in [1.54, 1.807) is 30.0 Å². The Hall–Kier alpha value is -1.81. The summed E-state index contributed by atoms with van der Waals surface area (Å²) in [4.78, 5) is 27.4. The number of ketones is 1. The number of halogens is 1. The van der Waals surface area contributed by atoms with E-state index in [1.807, 2.05) is 0 Å². The highest BCUT2D eigenvalue weighted by Gasteiger charge is 2.41. The number of nitrogens with two attached hydrogens (primary N) is 1. The largest absolute Gasteiger partial charge is 0.402 e. The van der Waals surface area contributed by atoms with Crippen molar-refractivity contribution in [3.8, 4) is 0 Å². The molecule has 0 aromatic heterocycles. The maximum atomic E-state index is 13.0. The molecule has 23 heavy (non-hydrogen) atoms. The molecule has 2 unspecified atom stereocenters. The van der Waals surface area contributed by atoms with E-state index in [0.29, 0.717) is 22.2 Å². The van der Waals surface area contributed by atoms with E-state index in [1.165, 1.54) is 6.42 Å². The van der Waals surface area contributed by atoms with Crippen LogP contribution in [-0.4, -0.2) is 17.7 Å². The van der Waals surface area contributed by atoms with Gasteiger partial charge in [-0.25, -0.2) is 0 Å². The van der Waals surface area contributed by atoms with Crippen LogP contribution in [0.15, 0.2) is 29.5 Å². The summed E-state index contributed by atoms with van der Waals surface area (Å²) in [7, 11) is 0. The van der Waals surface area contributed by atoms with Crippen LogP contribution < -0.4 is 10.6 Å². The van der Waals surface area contributed by atoms with Crippen molar-refractivity contribution in [1.82, 2.24) is 0 Å². The third kappa shape index (κ3) is 2.65. The first-order valence-corrected chi connectivity index (χ1v) is 8.42. The normalized spacial score (nSPS) is 27.0. The Balaban J connectivity index is 2.17. The Bertz CT molecular complexity index is 707. The molecular formula is C18H21ClN2O2. The number of Topliss-reactive ketones (excluding diaryl/α,β-unsaturated/α-hetero) is 1. The van der Waals surface area contributed by atoms with Gasteiger partial charge in [-0.2, -0.15) is 0 Å². The number of carbonyl (C=O) groups excluding carboxylic acids is 2. The summed E-state index contributed by atoms with van der Waals surface area (Å²) in [6, 6.07) is 5.36. The fourth-order valence-electron chi connectivity index (χ4n) is 3.74. The number of allylic oxidation sites excluding steroid dienone is 1. The highest BCUT2D eigenvalue weighted by Crippen LogP contribution is 2.40. The van der Waals surface area contributed by atoms with E-state index >= 15 is 0 Å². The first kappa shape index (κ1) is 16.1. The Morgan fingerprint density at radius 2 is 2.04 bits per heavy atom. The number of amides is 1. The fourth-order valence-corrected chi connectivity index (χ4v) is 3.99. The quantitative estimate of drug-likeness (QED) is 0.630. The van der Waals surface area contributed by atoms with Crippen LogP contribution in [0.5, 0.6) is 0 Å². The summed E-state index contributed by atoms with van der Waals surface area (Å²) in [6.45, 7) is 3.80. The van der Waals surface area contributed by atoms with Crippen molar-refractivity contribution in [3.63, 3.8) is 0 Å². The van der Waals surface area contributed by atoms with Gasteiger partial charge in [0.25, 0.3) is 5.91 Å². The Morgan fingerprint density at radius 1 is 1.30 bits per heavy atom. The zero-order valence-corrected chi connectivity index (χ0v) is 14.2. The summed E-state index contributed by atoms with van der Waals surface area (Å²) in [6.07, 6.45) is 4.13. The molecule has 0 radical (unpaired) electrons. The molecule has 0 spiro atoms. The first-order chi connectivity index (χ1) is 10.9. The van der Waals surface area contributed by atoms with Crippen LogP contribution in [-0.2, 0) is 4.79 Å². The minimum Gasteiger partial charge on any atom is -0.402 e. The molecule has 122 valence electrons. The zero-order valence-electron chi connectivity index (χ0n) is 13.4. The van der Waals surface area contributed by atoms with E-state index in [4.69, 9.17) is 17.3 Å².